The Morgan fingerprint density at radius 1 is 1.00 bits per heavy atom. The molecule has 0 spiro atoms. The van der Waals surface area contributed by atoms with Crippen LogP contribution in [0.3, 0.4) is 0 Å². The summed E-state index contributed by atoms with van der Waals surface area (Å²) in [6, 6.07) is 7.43. The van der Waals surface area contributed by atoms with Gasteiger partial charge in [-0.3, -0.25) is 0 Å². The standard InChI is InChI=1S/C12H8N4S3/c13-5-7(11(15)17)3-9-1-2-10(19-9)4-8(6-14)12(16)18/h1-4H,(H2,15,17)(H2,16,18)/b7-3+,8-4+. The molecular weight excluding hydrogens is 296 g/mol. The first-order chi connectivity index (χ1) is 8.97. The molecule has 7 heteroatoms. The number of hydrogen-bond acceptors (Lipinski definition) is 5. The van der Waals surface area contributed by atoms with E-state index in [1.165, 1.54) is 11.3 Å². The molecule has 0 aliphatic heterocycles. The molecule has 94 valence electrons. The summed E-state index contributed by atoms with van der Waals surface area (Å²) in [6.07, 6.45) is 3.19. The van der Waals surface area contributed by atoms with Crippen molar-refractivity contribution >= 4 is 57.9 Å². The second-order valence-electron chi connectivity index (χ2n) is 3.31. The van der Waals surface area contributed by atoms with E-state index in [1.54, 1.807) is 24.3 Å². The topological polar surface area (TPSA) is 99.6 Å². The monoisotopic (exact) mass is 304 g/mol. The van der Waals surface area contributed by atoms with E-state index in [9.17, 15) is 0 Å². The fourth-order valence-corrected chi connectivity index (χ4v) is 2.23. The van der Waals surface area contributed by atoms with Gasteiger partial charge in [0.25, 0.3) is 0 Å². The first-order valence-electron chi connectivity index (χ1n) is 4.91. The van der Waals surface area contributed by atoms with E-state index >= 15 is 0 Å². The van der Waals surface area contributed by atoms with Crippen LogP contribution in [0.2, 0.25) is 0 Å². The van der Waals surface area contributed by atoms with E-state index in [0.717, 1.165) is 9.75 Å². The van der Waals surface area contributed by atoms with Gasteiger partial charge >= 0.3 is 0 Å². The molecular formula is C12H8N4S3. The van der Waals surface area contributed by atoms with Crippen molar-refractivity contribution in [2.75, 3.05) is 0 Å². The van der Waals surface area contributed by atoms with Crippen molar-refractivity contribution in [2.24, 2.45) is 11.5 Å². The van der Waals surface area contributed by atoms with Crippen LogP contribution < -0.4 is 11.5 Å². The number of nitrogens with zero attached hydrogens (tertiary/aromatic N) is 2. The predicted molar refractivity (Wildman–Crippen MR) is 85.1 cm³/mol. The summed E-state index contributed by atoms with van der Waals surface area (Å²) in [5, 5.41) is 17.7. The van der Waals surface area contributed by atoms with Gasteiger partial charge in [0.2, 0.25) is 0 Å². The summed E-state index contributed by atoms with van der Waals surface area (Å²) in [5.74, 6) is 0. The molecule has 1 aromatic rings. The van der Waals surface area contributed by atoms with Gasteiger partial charge in [-0.25, -0.2) is 0 Å². The van der Waals surface area contributed by atoms with Crippen LogP contribution in [0.4, 0.5) is 0 Å². The molecule has 4 N–H and O–H groups in total. The quantitative estimate of drug-likeness (QED) is 0.502. The van der Waals surface area contributed by atoms with Gasteiger partial charge in [-0.2, -0.15) is 10.5 Å². The fraction of sp³-hybridized carbons (Fsp3) is 0. The Labute approximate surface area is 125 Å². The number of rotatable bonds is 4. The molecule has 0 saturated carbocycles. The van der Waals surface area contributed by atoms with Crippen molar-refractivity contribution in [3.8, 4) is 12.1 Å². The summed E-state index contributed by atoms with van der Waals surface area (Å²) in [4.78, 5) is 1.70. The van der Waals surface area contributed by atoms with Gasteiger partial charge in [0, 0.05) is 9.75 Å². The van der Waals surface area contributed by atoms with E-state index in [1.807, 2.05) is 12.1 Å². The molecule has 0 amide bonds. The number of nitriles is 2. The lowest BCUT2D eigenvalue weighted by atomic mass is 10.2. The maximum Gasteiger partial charge on any atom is 0.114 e. The predicted octanol–water partition coefficient (Wildman–Crippen LogP) is 2.13. The first-order valence-corrected chi connectivity index (χ1v) is 6.54. The van der Waals surface area contributed by atoms with Crippen molar-refractivity contribution in [1.29, 1.82) is 10.5 Å². The van der Waals surface area contributed by atoms with Crippen molar-refractivity contribution in [3.63, 3.8) is 0 Å². The molecule has 1 heterocycles. The number of thiophene rings is 1. The normalized spacial score (nSPS) is 11.5. The number of thiocarbonyl (C=S) groups is 2. The summed E-state index contributed by atoms with van der Waals surface area (Å²) < 4.78 is 0. The molecule has 0 aliphatic carbocycles. The Bertz CT molecular complexity index is 611. The van der Waals surface area contributed by atoms with Crippen LogP contribution in [0.25, 0.3) is 12.2 Å². The van der Waals surface area contributed by atoms with Crippen LogP contribution in [0.1, 0.15) is 9.75 Å². The second-order valence-corrected chi connectivity index (χ2v) is 5.33. The molecule has 1 rings (SSSR count). The average Bonchev–Trinajstić information content (AvgIpc) is 2.79. The smallest absolute Gasteiger partial charge is 0.114 e. The first kappa shape index (κ1) is 15.0. The van der Waals surface area contributed by atoms with Gasteiger partial charge in [-0.05, 0) is 24.3 Å². The van der Waals surface area contributed by atoms with Gasteiger partial charge in [0.1, 0.15) is 22.1 Å². The molecule has 0 bridgehead atoms. The maximum atomic E-state index is 8.85. The van der Waals surface area contributed by atoms with E-state index in [4.69, 9.17) is 46.4 Å². The summed E-state index contributed by atoms with van der Waals surface area (Å²) in [5.41, 5.74) is 11.3. The Hall–Kier alpha value is -2.06. The minimum atomic E-state index is 0.0499. The minimum Gasteiger partial charge on any atom is -0.389 e. The minimum absolute atomic E-state index is 0.0499. The number of hydrogen-bond donors (Lipinski definition) is 2. The molecule has 1 aromatic heterocycles. The average molecular weight is 304 g/mol. The van der Waals surface area contributed by atoms with Crippen LogP contribution in [0, 0.1) is 22.7 Å². The third-order valence-electron chi connectivity index (χ3n) is 1.99. The molecule has 0 aliphatic rings. The van der Waals surface area contributed by atoms with E-state index in [2.05, 4.69) is 0 Å². The largest absolute Gasteiger partial charge is 0.389 e. The van der Waals surface area contributed by atoms with Crippen LogP contribution in [-0.2, 0) is 0 Å². The molecule has 0 radical (unpaired) electrons. The van der Waals surface area contributed by atoms with E-state index < -0.39 is 0 Å². The lowest BCUT2D eigenvalue weighted by Gasteiger charge is -1.93. The zero-order valence-electron chi connectivity index (χ0n) is 9.58. The van der Waals surface area contributed by atoms with Gasteiger partial charge in [-0.15, -0.1) is 11.3 Å². The van der Waals surface area contributed by atoms with E-state index in [-0.39, 0.29) is 21.1 Å². The SMILES string of the molecule is N#C/C(=C\c1ccc(/C=C(\C#N)C(N)=S)s1)C(N)=S. The molecule has 4 nitrogen and oxygen atoms in total. The van der Waals surface area contributed by atoms with Crippen LogP contribution in [0.5, 0.6) is 0 Å². The Kier molecular flexibility index (Phi) is 5.34. The number of nitrogens with two attached hydrogens (primary N) is 2. The van der Waals surface area contributed by atoms with Gasteiger partial charge < -0.3 is 11.5 Å². The van der Waals surface area contributed by atoms with Crippen molar-refractivity contribution in [2.45, 2.75) is 0 Å². The van der Waals surface area contributed by atoms with Gasteiger partial charge in [0.15, 0.2) is 0 Å². The summed E-state index contributed by atoms with van der Waals surface area (Å²) >= 11 is 10.9. The molecule has 0 atom stereocenters. The summed E-state index contributed by atoms with van der Waals surface area (Å²) in [6.45, 7) is 0. The molecule has 0 aromatic carbocycles. The Morgan fingerprint density at radius 2 is 1.37 bits per heavy atom. The van der Waals surface area contributed by atoms with Crippen molar-refractivity contribution in [1.82, 2.24) is 0 Å². The van der Waals surface area contributed by atoms with Gasteiger partial charge in [-0.1, -0.05) is 24.4 Å². The van der Waals surface area contributed by atoms with Crippen LogP contribution >= 0.6 is 35.8 Å². The zero-order valence-corrected chi connectivity index (χ0v) is 12.0. The lowest BCUT2D eigenvalue weighted by molar-refractivity contribution is 1.51. The third-order valence-corrected chi connectivity index (χ3v) is 3.41. The zero-order chi connectivity index (χ0) is 14.4. The highest BCUT2D eigenvalue weighted by molar-refractivity contribution is 7.81. The highest BCUT2D eigenvalue weighted by atomic mass is 32.1. The molecule has 0 fully saturated rings. The van der Waals surface area contributed by atoms with E-state index in [0.29, 0.717) is 0 Å². The molecule has 19 heavy (non-hydrogen) atoms. The van der Waals surface area contributed by atoms with Crippen molar-refractivity contribution in [3.05, 3.63) is 33.0 Å². The highest BCUT2D eigenvalue weighted by Crippen LogP contribution is 2.22. The van der Waals surface area contributed by atoms with Crippen molar-refractivity contribution < 1.29 is 0 Å². The molecule has 0 unspecified atom stereocenters. The molecule has 0 saturated heterocycles. The third kappa shape index (κ3) is 4.27. The summed E-state index contributed by atoms with van der Waals surface area (Å²) in [7, 11) is 0. The second kappa shape index (κ2) is 6.76. The van der Waals surface area contributed by atoms with Gasteiger partial charge in [0.05, 0.1) is 11.1 Å². The lowest BCUT2D eigenvalue weighted by Crippen LogP contribution is -2.09. The fourth-order valence-electron chi connectivity index (χ4n) is 1.13. The highest BCUT2D eigenvalue weighted by Gasteiger charge is 2.04. The maximum absolute atomic E-state index is 8.85. The Morgan fingerprint density at radius 3 is 1.63 bits per heavy atom. The van der Waals surface area contributed by atoms with Crippen LogP contribution in [0.15, 0.2) is 23.3 Å². The Balaban J connectivity index is 3.09. The van der Waals surface area contributed by atoms with Crippen LogP contribution in [-0.4, -0.2) is 9.98 Å².